The van der Waals surface area contributed by atoms with Crippen molar-refractivity contribution in [3.63, 3.8) is 0 Å². The molecule has 1 N–H and O–H groups in total. The van der Waals surface area contributed by atoms with Gasteiger partial charge >= 0.3 is 0 Å². The average molecular weight is 264 g/mol. The number of hydrogen-bond acceptors (Lipinski definition) is 1. The van der Waals surface area contributed by atoms with Gasteiger partial charge in [0.2, 0.25) is 0 Å². The van der Waals surface area contributed by atoms with Crippen molar-refractivity contribution in [3.8, 4) is 0 Å². The summed E-state index contributed by atoms with van der Waals surface area (Å²) in [6, 6.07) is 0. The monoisotopic (exact) mass is 264 g/mol. The Kier molecular flexibility index (Phi) is 8.13. The maximum Gasteiger partial charge on any atom is 0.0893 e. The van der Waals surface area contributed by atoms with Crippen LogP contribution in [0.1, 0.15) is 78.1 Å². The highest BCUT2D eigenvalue weighted by Gasteiger charge is 2.32. The van der Waals surface area contributed by atoms with Crippen molar-refractivity contribution in [1.82, 2.24) is 0 Å². The Bertz CT molecular complexity index is 279. The second-order valence-electron chi connectivity index (χ2n) is 6.02. The Labute approximate surface area is 119 Å². The van der Waals surface area contributed by atoms with Crippen molar-refractivity contribution in [2.45, 2.75) is 83.7 Å². The average Bonchev–Trinajstić information content (AvgIpc) is 2.42. The fourth-order valence-corrected chi connectivity index (χ4v) is 3.09. The maximum atomic E-state index is 10.8. The van der Waals surface area contributed by atoms with E-state index in [1.54, 1.807) is 0 Å². The highest BCUT2D eigenvalue weighted by atomic mass is 16.3. The molecule has 110 valence electrons. The zero-order valence-electron chi connectivity index (χ0n) is 12.9. The Morgan fingerprint density at radius 1 is 0.947 bits per heavy atom. The largest absolute Gasteiger partial charge is 0.385 e. The molecule has 19 heavy (non-hydrogen) atoms. The van der Waals surface area contributed by atoms with Gasteiger partial charge in [-0.2, -0.15) is 0 Å². The molecule has 1 aliphatic rings. The molecule has 0 saturated heterocycles. The van der Waals surface area contributed by atoms with Gasteiger partial charge in [0.25, 0.3) is 0 Å². The molecule has 0 radical (unpaired) electrons. The summed E-state index contributed by atoms with van der Waals surface area (Å²) in [4.78, 5) is 0. The van der Waals surface area contributed by atoms with Gasteiger partial charge in [0.15, 0.2) is 0 Å². The van der Waals surface area contributed by atoms with E-state index in [9.17, 15) is 5.11 Å². The van der Waals surface area contributed by atoms with Crippen LogP contribution in [0.3, 0.4) is 0 Å². The Balaban J connectivity index is 2.32. The van der Waals surface area contributed by atoms with E-state index in [1.807, 2.05) is 18.2 Å². The molecule has 0 aromatic heterocycles. The molecule has 1 nitrogen and oxygen atoms in total. The van der Waals surface area contributed by atoms with Crippen LogP contribution in [0.4, 0.5) is 0 Å². The van der Waals surface area contributed by atoms with Gasteiger partial charge in [0.05, 0.1) is 5.60 Å². The molecule has 1 aliphatic carbocycles. The molecule has 0 aromatic rings. The van der Waals surface area contributed by atoms with E-state index >= 15 is 0 Å². The summed E-state index contributed by atoms with van der Waals surface area (Å²) >= 11 is 0. The van der Waals surface area contributed by atoms with Gasteiger partial charge in [0.1, 0.15) is 0 Å². The van der Waals surface area contributed by atoms with Crippen LogP contribution >= 0.6 is 0 Å². The van der Waals surface area contributed by atoms with Crippen molar-refractivity contribution in [1.29, 1.82) is 0 Å². The van der Waals surface area contributed by atoms with Crippen molar-refractivity contribution < 1.29 is 5.11 Å². The summed E-state index contributed by atoms with van der Waals surface area (Å²) in [5.74, 6) is 0.435. The van der Waals surface area contributed by atoms with E-state index < -0.39 is 5.60 Å². The third kappa shape index (κ3) is 5.95. The third-order valence-electron chi connectivity index (χ3n) is 4.33. The van der Waals surface area contributed by atoms with Gasteiger partial charge in [0, 0.05) is 0 Å². The summed E-state index contributed by atoms with van der Waals surface area (Å²) in [5.41, 5.74) is -0.575. The fourth-order valence-electron chi connectivity index (χ4n) is 3.09. The zero-order valence-corrected chi connectivity index (χ0v) is 12.9. The summed E-state index contributed by atoms with van der Waals surface area (Å²) in [6.07, 6.45) is 20.5. The first-order chi connectivity index (χ1) is 9.23. The lowest BCUT2D eigenvalue weighted by Crippen LogP contribution is -2.36. The van der Waals surface area contributed by atoms with Crippen molar-refractivity contribution in [2.75, 3.05) is 0 Å². The molecule has 0 bridgehead atoms. The lowest BCUT2D eigenvalue weighted by molar-refractivity contribution is 0.0199. The normalized spacial score (nSPS) is 23.7. The Morgan fingerprint density at radius 3 is 2.32 bits per heavy atom. The van der Waals surface area contributed by atoms with Crippen molar-refractivity contribution >= 4 is 0 Å². The van der Waals surface area contributed by atoms with E-state index in [0.29, 0.717) is 5.92 Å². The minimum absolute atomic E-state index is 0.435. The standard InChI is InChI=1S/C18H32O/c1-3-5-6-7-8-10-14-17(13-4-2)18(19)15-11-9-12-16-18/h9,11-12,15,17,19H,3-8,10,13-14,16H2,1-2H3. The highest BCUT2D eigenvalue weighted by molar-refractivity contribution is 5.19. The van der Waals surface area contributed by atoms with Crippen LogP contribution in [0.25, 0.3) is 0 Å². The van der Waals surface area contributed by atoms with Crippen LogP contribution in [0, 0.1) is 5.92 Å². The van der Waals surface area contributed by atoms with Gasteiger partial charge in [-0.3, -0.25) is 0 Å². The summed E-state index contributed by atoms with van der Waals surface area (Å²) in [5, 5.41) is 10.8. The van der Waals surface area contributed by atoms with Gasteiger partial charge < -0.3 is 5.11 Å². The van der Waals surface area contributed by atoms with Crippen LogP contribution in [-0.4, -0.2) is 10.7 Å². The second kappa shape index (κ2) is 9.36. The van der Waals surface area contributed by atoms with Crippen molar-refractivity contribution in [2.24, 2.45) is 5.92 Å². The fraction of sp³-hybridized carbons (Fsp3) is 0.778. The molecule has 0 aliphatic heterocycles. The van der Waals surface area contributed by atoms with E-state index in [4.69, 9.17) is 0 Å². The van der Waals surface area contributed by atoms with Gasteiger partial charge in [-0.05, 0) is 25.2 Å². The highest BCUT2D eigenvalue weighted by Crippen LogP contribution is 2.33. The van der Waals surface area contributed by atoms with E-state index in [2.05, 4.69) is 19.9 Å². The zero-order chi connectivity index (χ0) is 14.0. The number of unbranched alkanes of at least 4 members (excludes halogenated alkanes) is 5. The molecular formula is C18H32O. The molecule has 0 saturated carbocycles. The maximum absolute atomic E-state index is 10.8. The van der Waals surface area contributed by atoms with Crippen LogP contribution in [-0.2, 0) is 0 Å². The smallest absolute Gasteiger partial charge is 0.0893 e. The molecular weight excluding hydrogens is 232 g/mol. The topological polar surface area (TPSA) is 20.2 Å². The minimum atomic E-state index is -0.575. The first kappa shape index (κ1) is 16.5. The third-order valence-corrected chi connectivity index (χ3v) is 4.33. The van der Waals surface area contributed by atoms with Crippen LogP contribution in [0.2, 0.25) is 0 Å². The van der Waals surface area contributed by atoms with Gasteiger partial charge in [-0.15, -0.1) is 0 Å². The second-order valence-corrected chi connectivity index (χ2v) is 6.02. The quantitative estimate of drug-likeness (QED) is 0.524. The first-order valence-corrected chi connectivity index (χ1v) is 8.29. The van der Waals surface area contributed by atoms with Gasteiger partial charge in [-0.25, -0.2) is 0 Å². The molecule has 0 fully saturated rings. The Morgan fingerprint density at radius 2 is 1.68 bits per heavy atom. The lowest BCUT2D eigenvalue weighted by atomic mass is 9.77. The molecule has 0 spiro atoms. The van der Waals surface area contributed by atoms with Crippen LogP contribution in [0.5, 0.6) is 0 Å². The summed E-state index contributed by atoms with van der Waals surface area (Å²) in [7, 11) is 0. The molecule has 0 aromatic carbocycles. The SMILES string of the molecule is CCCCCCCCC(CCC)C1(O)C=CC=CC1. The minimum Gasteiger partial charge on any atom is -0.385 e. The Hall–Kier alpha value is -0.560. The predicted molar refractivity (Wildman–Crippen MR) is 84.2 cm³/mol. The molecule has 0 heterocycles. The van der Waals surface area contributed by atoms with Crippen LogP contribution in [0.15, 0.2) is 24.3 Å². The van der Waals surface area contributed by atoms with E-state index in [-0.39, 0.29) is 0 Å². The summed E-state index contributed by atoms with van der Waals surface area (Å²) in [6.45, 7) is 4.48. The number of allylic oxidation sites excluding steroid dienone is 2. The number of hydrogen-bond donors (Lipinski definition) is 1. The summed E-state index contributed by atoms with van der Waals surface area (Å²) < 4.78 is 0. The lowest BCUT2D eigenvalue weighted by Gasteiger charge is -2.34. The molecule has 1 heteroatoms. The number of aliphatic hydroxyl groups is 1. The number of rotatable bonds is 10. The van der Waals surface area contributed by atoms with Gasteiger partial charge in [-0.1, -0.05) is 83.1 Å². The molecule has 1 rings (SSSR count). The van der Waals surface area contributed by atoms with Crippen LogP contribution < -0.4 is 0 Å². The van der Waals surface area contributed by atoms with E-state index in [0.717, 1.165) is 12.8 Å². The molecule has 2 unspecified atom stereocenters. The van der Waals surface area contributed by atoms with Crippen molar-refractivity contribution in [3.05, 3.63) is 24.3 Å². The predicted octanol–water partition coefficient (Wildman–Crippen LogP) is 5.40. The van der Waals surface area contributed by atoms with E-state index in [1.165, 1.54) is 51.4 Å². The first-order valence-electron chi connectivity index (χ1n) is 8.29. The molecule has 2 atom stereocenters. The molecule has 0 amide bonds.